The van der Waals surface area contributed by atoms with Gasteiger partial charge in [-0.3, -0.25) is 14.5 Å². The van der Waals surface area contributed by atoms with Gasteiger partial charge in [-0.2, -0.15) is 0 Å². The quantitative estimate of drug-likeness (QED) is 0.630. The van der Waals surface area contributed by atoms with E-state index in [1.807, 2.05) is 19.1 Å². The molecule has 0 bridgehead atoms. The van der Waals surface area contributed by atoms with E-state index in [0.717, 1.165) is 5.56 Å². The van der Waals surface area contributed by atoms with Gasteiger partial charge >= 0.3 is 0 Å². The predicted molar refractivity (Wildman–Crippen MR) is 119 cm³/mol. The van der Waals surface area contributed by atoms with Gasteiger partial charge in [-0.1, -0.05) is 6.07 Å². The Morgan fingerprint density at radius 2 is 1.81 bits per heavy atom. The van der Waals surface area contributed by atoms with Crippen LogP contribution in [0.1, 0.15) is 18.9 Å². The largest absolute Gasteiger partial charge is 0.493 e. The molecule has 1 N–H and O–H groups in total. The fourth-order valence-electron chi connectivity index (χ4n) is 3.46. The van der Waals surface area contributed by atoms with Crippen molar-refractivity contribution in [2.45, 2.75) is 25.9 Å². The molecule has 1 aliphatic rings. The standard InChI is InChI=1S/C22H24FN3O4S/c1-4-25-21(28)17(12-20(27)24-16-8-6-15(23)7-9-16)26(22(25)31)13-14-5-10-18(29-2)19(11-14)30-3/h5-11,17H,4,12-13H2,1-3H3,(H,24,27). The molecule has 7 nitrogen and oxygen atoms in total. The van der Waals surface area contributed by atoms with E-state index >= 15 is 0 Å². The van der Waals surface area contributed by atoms with Crippen LogP contribution in [0.4, 0.5) is 10.1 Å². The minimum atomic E-state index is -0.735. The third-order valence-corrected chi connectivity index (χ3v) is 5.48. The van der Waals surface area contributed by atoms with Crippen molar-refractivity contribution in [3.05, 3.63) is 53.8 Å². The highest BCUT2D eigenvalue weighted by Gasteiger charge is 2.42. The number of carbonyl (C=O) groups is 2. The molecule has 1 saturated heterocycles. The molecule has 0 saturated carbocycles. The van der Waals surface area contributed by atoms with E-state index in [9.17, 15) is 14.0 Å². The number of likely N-dealkylation sites (N-methyl/N-ethyl adjacent to an activating group) is 1. The Bertz CT molecular complexity index is 983. The minimum Gasteiger partial charge on any atom is -0.493 e. The van der Waals surface area contributed by atoms with Crippen molar-refractivity contribution in [2.24, 2.45) is 0 Å². The van der Waals surface area contributed by atoms with Crippen LogP contribution in [-0.2, 0) is 16.1 Å². The van der Waals surface area contributed by atoms with Crippen LogP contribution in [0, 0.1) is 5.82 Å². The Labute approximate surface area is 185 Å². The lowest BCUT2D eigenvalue weighted by Gasteiger charge is -2.24. The smallest absolute Gasteiger partial charge is 0.252 e. The normalized spacial score (nSPS) is 15.9. The monoisotopic (exact) mass is 445 g/mol. The number of ether oxygens (including phenoxy) is 2. The number of methoxy groups -OCH3 is 2. The Balaban J connectivity index is 1.79. The second-order valence-corrected chi connectivity index (χ2v) is 7.32. The van der Waals surface area contributed by atoms with Gasteiger partial charge in [0.15, 0.2) is 16.6 Å². The van der Waals surface area contributed by atoms with Gasteiger partial charge < -0.3 is 19.7 Å². The van der Waals surface area contributed by atoms with E-state index in [2.05, 4.69) is 5.32 Å². The van der Waals surface area contributed by atoms with Gasteiger partial charge in [0.2, 0.25) is 5.91 Å². The summed E-state index contributed by atoms with van der Waals surface area (Å²) in [6, 6.07) is 10.2. The first-order valence-corrected chi connectivity index (χ1v) is 10.2. The molecule has 1 aliphatic heterocycles. The fourth-order valence-corrected chi connectivity index (χ4v) is 3.87. The number of anilines is 1. The Morgan fingerprint density at radius 3 is 2.42 bits per heavy atom. The predicted octanol–water partition coefficient (Wildman–Crippen LogP) is 3.19. The molecule has 0 aromatic heterocycles. The zero-order chi connectivity index (χ0) is 22.5. The summed E-state index contributed by atoms with van der Waals surface area (Å²) in [5.41, 5.74) is 1.31. The van der Waals surface area contributed by atoms with Crippen LogP contribution in [0.2, 0.25) is 0 Å². The second-order valence-electron chi connectivity index (χ2n) is 6.96. The SMILES string of the molecule is CCN1C(=O)C(CC(=O)Nc2ccc(F)cc2)N(Cc2ccc(OC)c(OC)c2)C1=S. The third kappa shape index (κ3) is 4.93. The maximum absolute atomic E-state index is 13.1. The number of halogens is 1. The molecule has 31 heavy (non-hydrogen) atoms. The van der Waals surface area contributed by atoms with Gasteiger partial charge in [0, 0.05) is 18.8 Å². The highest BCUT2D eigenvalue weighted by molar-refractivity contribution is 7.80. The Kier molecular flexibility index (Phi) is 7.06. The summed E-state index contributed by atoms with van der Waals surface area (Å²) in [5.74, 6) is 0.186. The maximum atomic E-state index is 13.1. The van der Waals surface area contributed by atoms with Crippen molar-refractivity contribution >= 4 is 34.8 Å². The molecule has 1 heterocycles. The molecule has 164 valence electrons. The highest BCUT2D eigenvalue weighted by Crippen LogP contribution is 2.30. The molecule has 1 atom stereocenters. The number of hydrogen-bond donors (Lipinski definition) is 1. The lowest BCUT2D eigenvalue weighted by Crippen LogP contribution is -2.37. The lowest BCUT2D eigenvalue weighted by atomic mass is 10.1. The average molecular weight is 446 g/mol. The van der Waals surface area contributed by atoms with Gasteiger partial charge in [0.25, 0.3) is 5.91 Å². The number of nitrogens with one attached hydrogen (secondary N) is 1. The first-order valence-electron chi connectivity index (χ1n) is 9.76. The molecule has 2 aromatic rings. The summed E-state index contributed by atoms with van der Waals surface area (Å²) in [6.45, 7) is 2.58. The van der Waals surface area contributed by atoms with Crippen molar-refractivity contribution in [3.63, 3.8) is 0 Å². The molecule has 2 aromatic carbocycles. The van der Waals surface area contributed by atoms with Crippen molar-refractivity contribution in [2.75, 3.05) is 26.1 Å². The highest BCUT2D eigenvalue weighted by atomic mass is 32.1. The molecule has 1 unspecified atom stereocenters. The fraction of sp³-hybridized carbons (Fsp3) is 0.318. The third-order valence-electron chi connectivity index (χ3n) is 5.03. The Hall–Kier alpha value is -3.20. The summed E-state index contributed by atoms with van der Waals surface area (Å²) in [4.78, 5) is 28.8. The minimum absolute atomic E-state index is 0.0832. The number of thiocarbonyl (C=S) groups is 1. The van der Waals surface area contributed by atoms with Gasteiger partial charge in [-0.25, -0.2) is 4.39 Å². The lowest BCUT2D eigenvalue weighted by molar-refractivity contribution is -0.130. The molecule has 0 radical (unpaired) electrons. The summed E-state index contributed by atoms with van der Waals surface area (Å²) in [7, 11) is 3.10. The van der Waals surface area contributed by atoms with E-state index in [-0.39, 0.29) is 18.2 Å². The van der Waals surface area contributed by atoms with E-state index in [0.29, 0.717) is 35.4 Å². The molecular weight excluding hydrogens is 421 g/mol. The molecule has 9 heteroatoms. The van der Waals surface area contributed by atoms with Crippen molar-refractivity contribution in [1.29, 1.82) is 0 Å². The molecule has 0 spiro atoms. The number of nitrogens with zero attached hydrogens (tertiary/aromatic N) is 2. The first kappa shape index (κ1) is 22.5. The van der Waals surface area contributed by atoms with E-state index in [1.54, 1.807) is 25.2 Å². The molecule has 3 rings (SSSR count). The summed E-state index contributed by atoms with van der Waals surface area (Å²) in [6.07, 6.45) is -0.0832. The number of benzene rings is 2. The van der Waals surface area contributed by atoms with Gasteiger partial charge in [0.05, 0.1) is 20.6 Å². The van der Waals surface area contributed by atoms with Crippen LogP contribution < -0.4 is 14.8 Å². The van der Waals surface area contributed by atoms with E-state index < -0.39 is 11.9 Å². The molecule has 1 fully saturated rings. The number of amides is 2. The summed E-state index contributed by atoms with van der Waals surface area (Å²) >= 11 is 5.52. The van der Waals surface area contributed by atoms with E-state index in [4.69, 9.17) is 21.7 Å². The Morgan fingerprint density at radius 1 is 1.13 bits per heavy atom. The maximum Gasteiger partial charge on any atom is 0.252 e. The number of carbonyl (C=O) groups excluding carboxylic acids is 2. The second kappa shape index (κ2) is 9.74. The van der Waals surface area contributed by atoms with Crippen molar-refractivity contribution in [3.8, 4) is 11.5 Å². The molecule has 2 amide bonds. The zero-order valence-electron chi connectivity index (χ0n) is 17.6. The van der Waals surface area contributed by atoms with Crippen LogP contribution in [-0.4, -0.2) is 53.5 Å². The molecular formula is C22H24FN3O4S. The van der Waals surface area contributed by atoms with Crippen LogP contribution in [0.3, 0.4) is 0 Å². The topological polar surface area (TPSA) is 71.1 Å². The van der Waals surface area contributed by atoms with Crippen LogP contribution >= 0.6 is 12.2 Å². The van der Waals surface area contributed by atoms with E-state index in [1.165, 1.54) is 29.2 Å². The van der Waals surface area contributed by atoms with Crippen LogP contribution in [0.25, 0.3) is 0 Å². The summed E-state index contributed by atoms with van der Waals surface area (Å²) in [5, 5.41) is 3.08. The van der Waals surface area contributed by atoms with Crippen LogP contribution in [0.15, 0.2) is 42.5 Å². The first-order chi connectivity index (χ1) is 14.9. The summed E-state index contributed by atoms with van der Waals surface area (Å²) < 4.78 is 23.7. The molecule has 0 aliphatic carbocycles. The average Bonchev–Trinajstić information content (AvgIpc) is 2.98. The van der Waals surface area contributed by atoms with Gasteiger partial charge in [-0.15, -0.1) is 0 Å². The number of hydrogen-bond acceptors (Lipinski definition) is 5. The van der Waals surface area contributed by atoms with Gasteiger partial charge in [-0.05, 0) is 61.1 Å². The van der Waals surface area contributed by atoms with Crippen molar-refractivity contribution in [1.82, 2.24) is 9.80 Å². The van der Waals surface area contributed by atoms with Crippen LogP contribution in [0.5, 0.6) is 11.5 Å². The van der Waals surface area contributed by atoms with Gasteiger partial charge in [0.1, 0.15) is 11.9 Å². The van der Waals surface area contributed by atoms with Crippen molar-refractivity contribution < 1.29 is 23.5 Å². The number of rotatable bonds is 8. The zero-order valence-corrected chi connectivity index (χ0v) is 18.4.